The Morgan fingerprint density at radius 2 is 1.88 bits per heavy atom. The first-order valence-corrected chi connectivity index (χ1v) is 11.0. The van der Waals surface area contributed by atoms with Crippen LogP contribution in [0.5, 0.6) is 5.75 Å². The van der Waals surface area contributed by atoms with Crippen LogP contribution in [0.3, 0.4) is 0 Å². The molecule has 3 aromatic rings. The zero-order chi connectivity index (χ0) is 22.7. The summed E-state index contributed by atoms with van der Waals surface area (Å²) in [6.07, 6.45) is 6.43. The molecule has 0 spiro atoms. The maximum Gasteiger partial charge on any atom is 0.268 e. The van der Waals surface area contributed by atoms with Gasteiger partial charge >= 0.3 is 0 Å². The minimum absolute atomic E-state index is 0.293. The predicted molar refractivity (Wildman–Crippen MR) is 126 cm³/mol. The number of piperidine rings is 1. The van der Waals surface area contributed by atoms with Gasteiger partial charge in [0.15, 0.2) is 0 Å². The van der Waals surface area contributed by atoms with Gasteiger partial charge in [-0.3, -0.25) is 14.2 Å². The molecule has 1 amide bonds. The normalized spacial score (nSPS) is 14.4. The monoisotopic (exact) mass is 432 g/mol. The quantitative estimate of drug-likeness (QED) is 0.623. The number of aryl methyl sites for hydroxylation is 1. The molecular weight excluding hydrogens is 404 g/mol. The van der Waals surface area contributed by atoms with Crippen LogP contribution in [0, 0.1) is 6.92 Å². The number of likely N-dealkylation sites (tertiary alicyclic amines) is 1. The van der Waals surface area contributed by atoms with E-state index in [1.807, 2.05) is 31.2 Å². The minimum Gasteiger partial charge on any atom is -0.506 e. The summed E-state index contributed by atoms with van der Waals surface area (Å²) in [6, 6.07) is 9.74. The van der Waals surface area contributed by atoms with Gasteiger partial charge in [-0.1, -0.05) is 42.8 Å². The number of rotatable bonds is 6. The summed E-state index contributed by atoms with van der Waals surface area (Å²) in [7, 11) is 0. The van der Waals surface area contributed by atoms with Crippen molar-refractivity contribution >= 4 is 16.9 Å². The van der Waals surface area contributed by atoms with Gasteiger partial charge in [0.05, 0.1) is 5.39 Å². The summed E-state index contributed by atoms with van der Waals surface area (Å²) in [5.41, 5.74) is 2.40. The van der Waals surface area contributed by atoms with Gasteiger partial charge in [-0.05, 0) is 50.7 Å². The van der Waals surface area contributed by atoms with E-state index in [1.54, 1.807) is 12.3 Å². The van der Waals surface area contributed by atoms with Crippen LogP contribution in [0.25, 0.3) is 22.2 Å². The number of nitrogens with zero attached hydrogens (tertiary/aromatic N) is 3. The molecule has 0 aliphatic carbocycles. The van der Waals surface area contributed by atoms with E-state index in [4.69, 9.17) is 0 Å². The molecule has 1 saturated heterocycles. The molecule has 0 bridgehead atoms. The second kappa shape index (κ2) is 9.36. The molecule has 7 heteroatoms. The number of benzene rings is 1. The molecule has 0 saturated carbocycles. The molecule has 3 heterocycles. The fraction of sp³-hybridized carbons (Fsp3) is 0.320. The highest BCUT2D eigenvalue weighted by molar-refractivity contribution is 6.02. The van der Waals surface area contributed by atoms with Crippen LogP contribution in [0.1, 0.15) is 35.2 Å². The van der Waals surface area contributed by atoms with Crippen LogP contribution in [-0.2, 0) is 6.54 Å². The lowest BCUT2D eigenvalue weighted by molar-refractivity contribution is 0.0965. The van der Waals surface area contributed by atoms with Crippen molar-refractivity contribution in [3.05, 3.63) is 70.8 Å². The number of hydrogen-bond acceptors (Lipinski definition) is 5. The molecule has 4 rings (SSSR count). The van der Waals surface area contributed by atoms with Crippen molar-refractivity contribution < 1.29 is 9.90 Å². The number of aromatic hydroxyl groups is 1. The first kappa shape index (κ1) is 21.8. The van der Waals surface area contributed by atoms with Crippen LogP contribution in [0.4, 0.5) is 0 Å². The Morgan fingerprint density at radius 1 is 1.16 bits per heavy atom. The van der Waals surface area contributed by atoms with E-state index < -0.39 is 11.5 Å². The predicted octanol–water partition coefficient (Wildman–Crippen LogP) is 3.44. The van der Waals surface area contributed by atoms with Gasteiger partial charge < -0.3 is 15.3 Å². The third-order valence-corrected chi connectivity index (χ3v) is 6.01. The molecule has 2 N–H and O–H groups in total. The van der Waals surface area contributed by atoms with Gasteiger partial charge in [-0.15, -0.1) is 0 Å². The lowest BCUT2D eigenvalue weighted by Crippen LogP contribution is -2.37. The van der Waals surface area contributed by atoms with Gasteiger partial charge in [-0.2, -0.15) is 0 Å². The van der Waals surface area contributed by atoms with E-state index in [2.05, 4.69) is 21.8 Å². The highest BCUT2D eigenvalue weighted by atomic mass is 16.3. The van der Waals surface area contributed by atoms with Gasteiger partial charge in [0.2, 0.25) is 0 Å². The fourth-order valence-corrected chi connectivity index (χ4v) is 4.22. The van der Waals surface area contributed by atoms with Gasteiger partial charge in [0, 0.05) is 24.8 Å². The Hall–Kier alpha value is -3.45. The average molecular weight is 433 g/mol. The number of carbonyl (C=O) groups excluding carboxylic acids is 1. The largest absolute Gasteiger partial charge is 0.506 e. The highest BCUT2D eigenvalue weighted by Gasteiger charge is 2.23. The van der Waals surface area contributed by atoms with Gasteiger partial charge in [0.25, 0.3) is 11.5 Å². The second-order valence-corrected chi connectivity index (χ2v) is 8.22. The summed E-state index contributed by atoms with van der Waals surface area (Å²) >= 11 is 0. The molecule has 7 nitrogen and oxygen atoms in total. The number of hydrogen-bond donors (Lipinski definition) is 2. The Labute approximate surface area is 187 Å². The smallest absolute Gasteiger partial charge is 0.268 e. The van der Waals surface area contributed by atoms with E-state index in [-0.39, 0.29) is 11.3 Å². The topological polar surface area (TPSA) is 87.5 Å². The number of carbonyl (C=O) groups is 1. The van der Waals surface area contributed by atoms with Crippen LogP contribution in [0.2, 0.25) is 0 Å². The molecule has 0 atom stereocenters. The summed E-state index contributed by atoms with van der Waals surface area (Å²) in [5.74, 6) is -1.04. The van der Waals surface area contributed by atoms with E-state index in [9.17, 15) is 14.7 Å². The highest BCUT2D eigenvalue weighted by Crippen LogP contribution is 2.30. The molecule has 32 heavy (non-hydrogen) atoms. The van der Waals surface area contributed by atoms with Gasteiger partial charge in [-0.25, -0.2) is 4.98 Å². The maximum atomic E-state index is 13.2. The third kappa shape index (κ3) is 4.29. The molecule has 1 aliphatic heterocycles. The molecular formula is C25H28N4O3. The van der Waals surface area contributed by atoms with Crippen LogP contribution in [0.15, 0.2) is 54.1 Å². The van der Waals surface area contributed by atoms with Crippen molar-refractivity contribution in [1.82, 2.24) is 19.8 Å². The Kier molecular flexibility index (Phi) is 6.37. The van der Waals surface area contributed by atoms with E-state index in [0.717, 1.165) is 42.6 Å². The molecule has 0 radical (unpaired) electrons. The van der Waals surface area contributed by atoms with Crippen molar-refractivity contribution in [1.29, 1.82) is 0 Å². The summed E-state index contributed by atoms with van der Waals surface area (Å²) in [4.78, 5) is 32.7. The van der Waals surface area contributed by atoms with Crippen molar-refractivity contribution in [3.8, 4) is 16.9 Å². The van der Waals surface area contributed by atoms with Crippen molar-refractivity contribution in [2.75, 3.05) is 19.6 Å². The maximum absolute atomic E-state index is 13.2. The molecule has 1 aromatic carbocycles. The van der Waals surface area contributed by atoms with Crippen LogP contribution >= 0.6 is 0 Å². The standard InChI is InChI=1S/C25H28N4O3/c1-3-26-24(31)21-22(30)20-15-19(18-9-7-17(2)8-10-18)16-27-23(20)29(25(21)32)14-13-28-11-5-4-6-12-28/h3,7-10,15-16,30H,1,4-6,11-14H2,2H3,(H,26,31). The third-order valence-electron chi connectivity index (χ3n) is 6.01. The van der Waals surface area contributed by atoms with Crippen LogP contribution in [-0.4, -0.2) is 45.1 Å². The van der Waals surface area contributed by atoms with E-state index in [1.165, 1.54) is 17.2 Å². The minimum atomic E-state index is -0.683. The average Bonchev–Trinajstić information content (AvgIpc) is 2.80. The van der Waals surface area contributed by atoms with Crippen molar-refractivity contribution in [2.24, 2.45) is 0 Å². The first-order chi connectivity index (χ1) is 15.5. The number of nitrogens with one attached hydrogen (secondary N) is 1. The molecule has 1 fully saturated rings. The number of aromatic nitrogens is 2. The zero-order valence-electron chi connectivity index (χ0n) is 18.3. The fourth-order valence-electron chi connectivity index (χ4n) is 4.22. The van der Waals surface area contributed by atoms with E-state index in [0.29, 0.717) is 24.1 Å². The lowest BCUT2D eigenvalue weighted by Gasteiger charge is -2.26. The molecule has 1 aliphatic rings. The zero-order valence-corrected chi connectivity index (χ0v) is 18.3. The summed E-state index contributed by atoms with van der Waals surface area (Å²) in [5, 5.41) is 13.7. The van der Waals surface area contributed by atoms with E-state index >= 15 is 0 Å². The number of pyridine rings is 2. The van der Waals surface area contributed by atoms with Crippen molar-refractivity contribution in [3.63, 3.8) is 0 Å². The first-order valence-electron chi connectivity index (χ1n) is 11.0. The summed E-state index contributed by atoms with van der Waals surface area (Å²) < 4.78 is 1.50. The number of fused-ring (bicyclic) bond motifs is 1. The van der Waals surface area contributed by atoms with Gasteiger partial charge in [0.1, 0.15) is 17.0 Å². The SMILES string of the molecule is C=CNC(=O)c1c(O)c2cc(-c3ccc(C)cc3)cnc2n(CCN2CCCCC2)c1=O. The van der Waals surface area contributed by atoms with Crippen LogP contribution < -0.4 is 10.9 Å². The molecule has 2 aromatic heterocycles. The second-order valence-electron chi connectivity index (χ2n) is 8.22. The Balaban J connectivity index is 1.83. The number of amides is 1. The molecule has 0 unspecified atom stereocenters. The lowest BCUT2D eigenvalue weighted by atomic mass is 10.0. The van der Waals surface area contributed by atoms with Crippen molar-refractivity contribution in [2.45, 2.75) is 32.7 Å². The Morgan fingerprint density at radius 3 is 2.56 bits per heavy atom. The molecule has 166 valence electrons. The Bertz CT molecular complexity index is 1210. The summed E-state index contributed by atoms with van der Waals surface area (Å²) in [6.45, 7) is 8.57.